The van der Waals surface area contributed by atoms with Crippen LogP contribution in [0.4, 0.5) is 14.5 Å². The fraction of sp³-hybridized carbons (Fsp3) is 0.167. The van der Waals surface area contributed by atoms with Crippen molar-refractivity contribution in [3.8, 4) is 0 Å². The van der Waals surface area contributed by atoms with Crippen molar-refractivity contribution in [2.45, 2.75) is 13.5 Å². The summed E-state index contributed by atoms with van der Waals surface area (Å²) < 4.78 is 25.6. The Morgan fingerprint density at radius 2 is 1.94 bits per heavy atom. The molecule has 84 valence electrons. The molecule has 0 spiro atoms. The highest BCUT2D eigenvalue weighted by Crippen LogP contribution is 2.18. The second-order valence-electron chi connectivity index (χ2n) is 3.49. The number of rotatable bonds is 3. The number of aryl methyl sites for hydroxylation is 1. The van der Waals surface area contributed by atoms with Gasteiger partial charge in [0.2, 0.25) is 0 Å². The SMILES string of the molecule is Cc1ccc(CNc2ccc(F)c(F)c2)s1. The molecule has 1 aromatic heterocycles. The van der Waals surface area contributed by atoms with Crippen molar-refractivity contribution in [1.82, 2.24) is 0 Å². The predicted octanol–water partition coefficient (Wildman–Crippen LogP) is 3.95. The highest BCUT2D eigenvalue weighted by Gasteiger charge is 2.02. The molecule has 4 heteroatoms. The van der Waals surface area contributed by atoms with Gasteiger partial charge in [0.05, 0.1) is 0 Å². The summed E-state index contributed by atoms with van der Waals surface area (Å²) in [4.78, 5) is 2.41. The maximum absolute atomic E-state index is 12.9. The predicted molar refractivity (Wildman–Crippen MR) is 62.7 cm³/mol. The van der Waals surface area contributed by atoms with E-state index in [1.807, 2.05) is 19.1 Å². The average Bonchev–Trinajstić information content (AvgIpc) is 2.66. The van der Waals surface area contributed by atoms with Gasteiger partial charge in [0.25, 0.3) is 0 Å². The number of nitrogens with one attached hydrogen (secondary N) is 1. The molecular formula is C12H11F2NS. The minimum absolute atomic E-state index is 0.588. The molecule has 1 heterocycles. The van der Waals surface area contributed by atoms with Crippen LogP contribution in [-0.2, 0) is 6.54 Å². The first-order chi connectivity index (χ1) is 7.65. The number of thiophene rings is 1. The van der Waals surface area contributed by atoms with Gasteiger partial charge >= 0.3 is 0 Å². The summed E-state index contributed by atoms with van der Waals surface area (Å²) in [7, 11) is 0. The lowest BCUT2D eigenvalue weighted by atomic mass is 10.3. The van der Waals surface area contributed by atoms with Crippen molar-refractivity contribution in [2.24, 2.45) is 0 Å². The summed E-state index contributed by atoms with van der Waals surface area (Å²) in [5, 5.41) is 3.05. The summed E-state index contributed by atoms with van der Waals surface area (Å²) in [6.07, 6.45) is 0. The van der Waals surface area contributed by atoms with E-state index in [0.717, 1.165) is 12.1 Å². The van der Waals surface area contributed by atoms with Gasteiger partial charge in [-0.3, -0.25) is 0 Å². The van der Waals surface area contributed by atoms with Crippen molar-refractivity contribution < 1.29 is 8.78 Å². The van der Waals surface area contributed by atoms with Crippen molar-refractivity contribution >= 4 is 17.0 Å². The van der Waals surface area contributed by atoms with E-state index in [0.29, 0.717) is 12.2 Å². The van der Waals surface area contributed by atoms with E-state index in [4.69, 9.17) is 0 Å². The van der Waals surface area contributed by atoms with E-state index in [2.05, 4.69) is 5.32 Å². The Bertz CT molecular complexity index is 494. The Labute approximate surface area is 96.7 Å². The number of hydrogen-bond donors (Lipinski definition) is 1. The van der Waals surface area contributed by atoms with E-state index in [-0.39, 0.29) is 0 Å². The van der Waals surface area contributed by atoms with Crippen molar-refractivity contribution in [3.05, 3.63) is 51.7 Å². The number of anilines is 1. The Kier molecular flexibility index (Phi) is 3.19. The zero-order valence-corrected chi connectivity index (χ0v) is 9.57. The molecule has 0 radical (unpaired) electrons. The van der Waals surface area contributed by atoms with E-state index >= 15 is 0 Å². The van der Waals surface area contributed by atoms with Gasteiger partial charge in [-0.2, -0.15) is 0 Å². The lowest BCUT2D eigenvalue weighted by Gasteiger charge is -2.04. The summed E-state index contributed by atoms with van der Waals surface area (Å²) in [5.74, 6) is -1.65. The molecule has 1 aromatic carbocycles. The number of hydrogen-bond acceptors (Lipinski definition) is 2. The van der Waals surface area contributed by atoms with E-state index in [1.165, 1.54) is 15.8 Å². The van der Waals surface area contributed by atoms with Crippen LogP contribution in [0.25, 0.3) is 0 Å². The average molecular weight is 239 g/mol. The van der Waals surface area contributed by atoms with Crippen LogP contribution in [0.1, 0.15) is 9.75 Å². The van der Waals surface area contributed by atoms with Gasteiger partial charge in [0.1, 0.15) is 0 Å². The van der Waals surface area contributed by atoms with Gasteiger partial charge in [-0.25, -0.2) is 8.78 Å². The van der Waals surface area contributed by atoms with Crippen LogP contribution in [0.2, 0.25) is 0 Å². The van der Waals surface area contributed by atoms with Crippen molar-refractivity contribution in [3.63, 3.8) is 0 Å². The van der Waals surface area contributed by atoms with Crippen molar-refractivity contribution in [2.75, 3.05) is 5.32 Å². The molecule has 0 bridgehead atoms. The van der Waals surface area contributed by atoms with Crippen LogP contribution in [-0.4, -0.2) is 0 Å². The zero-order valence-electron chi connectivity index (χ0n) is 8.76. The molecule has 0 saturated carbocycles. The Morgan fingerprint density at radius 3 is 2.56 bits per heavy atom. The first-order valence-corrected chi connectivity index (χ1v) is 5.71. The molecule has 1 N–H and O–H groups in total. The Hall–Kier alpha value is -1.42. The fourth-order valence-corrected chi connectivity index (χ4v) is 2.21. The highest BCUT2D eigenvalue weighted by molar-refractivity contribution is 7.11. The summed E-state index contributed by atoms with van der Waals surface area (Å²) in [6.45, 7) is 2.66. The van der Waals surface area contributed by atoms with E-state index < -0.39 is 11.6 Å². The Balaban J connectivity index is 2.02. The Morgan fingerprint density at radius 1 is 1.12 bits per heavy atom. The molecule has 0 amide bonds. The second kappa shape index (κ2) is 4.61. The van der Waals surface area contributed by atoms with E-state index in [1.54, 1.807) is 11.3 Å². The lowest BCUT2D eigenvalue weighted by molar-refractivity contribution is 0.509. The quantitative estimate of drug-likeness (QED) is 0.855. The minimum Gasteiger partial charge on any atom is -0.380 e. The molecule has 0 atom stereocenters. The molecule has 0 aliphatic carbocycles. The van der Waals surface area contributed by atoms with E-state index in [9.17, 15) is 8.78 Å². The van der Waals surface area contributed by atoms with Crippen LogP contribution < -0.4 is 5.32 Å². The summed E-state index contributed by atoms with van der Waals surface area (Å²) in [5.41, 5.74) is 0.588. The first-order valence-electron chi connectivity index (χ1n) is 4.89. The van der Waals surface area contributed by atoms with Crippen LogP contribution in [0.3, 0.4) is 0 Å². The molecule has 2 rings (SSSR count). The molecule has 0 fully saturated rings. The maximum Gasteiger partial charge on any atom is 0.160 e. The van der Waals surface area contributed by atoms with Gasteiger partial charge in [0, 0.05) is 28.1 Å². The van der Waals surface area contributed by atoms with Crippen LogP contribution >= 0.6 is 11.3 Å². The third-order valence-electron chi connectivity index (χ3n) is 2.18. The van der Waals surface area contributed by atoms with Crippen LogP contribution in [0.5, 0.6) is 0 Å². The molecular weight excluding hydrogens is 228 g/mol. The van der Waals surface area contributed by atoms with Gasteiger partial charge in [-0.05, 0) is 31.2 Å². The molecule has 1 nitrogen and oxygen atoms in total. The first kappa shape index (κ1) is 11.1. The molecule has 16 heavy (non-hydrogen) atoms. The number of halogens is 2. The molecule has 0 aliphatic rings. The highest BCUT2D eigenvalue weighted by atomic mass is 32.1. The smallest absolute Gasteiger partial charge is 0.160 e. The zero-order chi connectivity index (χ0) is 11.5. The van der Waals surface area contributed by atoms with Crippen LogP contribution in [0, 0.1) is 18.6 Å². The maximum atomic E-state index is 12.9. The number of benzene rings is 1. The van der Waals surface area contributed by atoms with Gasteiger partial charge in [-0.15, -0.1) is 11.3 Å². The van der Waals surface area contributed by atoms with Gasteiger partial charge in [0.15, 0.2) is 11.6 Å². The summed E-state index contributed by atoms with van der Waals surface area (Å²) >= 11 is 1.68. The summed E-state index contributed by atoms with van der Waals surface area (Å²) in [6, 6.07) is 7.87. The minimum atomic E-state index is -0.827. The van der Waals surface area contributed by atoms with Crippen LogP contribution in [0.15, 0.2) is 30.3 Å². The lowest BCUT2D eigenvalue weighted by Crippen LogP contribution is -1.98. The normalized spacial score (nSPS) is 10.4. The third-order valence-corrected chi connectivity index (χ3v) is 3.18. The third kappa shape index (κ3) is 2.58. The monoisotopic (exact) mass is 239 g/mol. The fourth-order valence-electron chi connectivity index (χ4n) is 1.38. The molecule has 0 saturated heterocycles. The second-order valence-corrected chi connectivity index (χ2v) is 4.87. The molecule has 0 aliphatic heterocycles. The van der Waals surface area contributed by atoms with Gasteiger partial charge in [-0.1, -0.05) is 0 Å². The largest absolute Gasteiger partial charge is 0.380 e. The molecule has 0 unspecified atom stereocenters. The molecule has 2 aromatic rings. The standard InChI is InChI=1S/C12H11F2NS/c1-8-2-4-10(16-8)7-15-9-3-5-11(13)12(14)6-9/h2-6,15H,7H2,1H3. The topological polar surface area (TPSA) is 12.0 Å². The van der Waals surface area contributed by atoms with Gasteiger partial charge < -0.3 is 5.32 Å². The van der Waals surface area contributed by atoms with Crippen molar-refractivity contribution in [1.29, 1.82) is 0 Å².